The Morgan fingerprint density at radius 2 is 1.79 bits per heavy atom. The number of amides is 1. The Bertz CT molecular complexity index is 1300. The molecule has 4 rings (SSSR count). The number of carbonyl (C=O) groups excluding carboxylic acids is 1. The van der Waals surface area contributed by atoms with E-state index in [-0.39, 0.29) is 11.9 Å². The number of nitrogens with zero attached hydrogens (tertiary/aromatic N) is 2. The second-order valence-electron chi connectivity index (χ2n) is 8.59. The van der Waals surface area contributed by atoms with Gasteiger partial charge in [0.15, 0.2) is 0 Å². The van der Waals surface area contributed by atoms with Gasteiger partial charge in [0.2, 0.25) is 0 Å². The summed E-state index contributed by atoms with van der Waals surface area (Å²) in [5.41, 5.74) is 4.94. The third kappa shape index (κ3) is 5.42. The molecule has 1 unspecified atom stereocenters. The number of nitrogens with one attached hydrogen (secondary N) is 1. The summed E-state index contributed by atoms with van der Waals surface area (Å²) in [4.78, 5) is 17.6. The van der Waals surface area contributed by atoms with Gasteiger partial charge in [0.05, 0.1) is 34.3 Å². The molecule has 0 fully saturated rings. The van der Waals surface area contributed by atoms with E-state index in [1.807, 2.05) is 37.3 Å². The Hall–Kier alpha value is -3.31. The lowest BCUT2D eigenvalue weighted by atomic mass is 10.1. The van der Waals surface area contributed by atoms with Crippen LogP contribution in [0.2, 0.25) is 5.02 Å². The molecule has 1 atom stereocenters. The minimum atomic E-state index is -0.275. The van der Waals surface area contributed by atoms with Gasteiger partial charge in [-0.15, -0.1) is 0 Å². The van der Waals surface area contributed by atoms with E-state index in [2.05, 4.69) is 41.9 Å². The number of imidazole rings is 1. The second kappa shape index (κ2) is 10.7. The molecule has 0 aliphatic rings. The van der Waals surface area contributed by atoms with Crippen LogP contribution in [0.3, 0.4) is 0 Å². The zero-order valence-electron chi connectivity index (χ0n) is 19.8. The van der Waals surface area contributed by atoms with E-state index in [9.17, 15) is 4.79 Å². The molecular weight excluding hydrogens is 446 g/mol. The van der Waals surface area contributed by atoms with Gasteiger partial charge < -0.3 is 14.6 Å². The van der Waals surface area contributed by atoms with Crippen molar-refractivity contribution in [3.8, 4) is 5.75 Å². The number of aryl methyl sites for hydroxylation is 3. The quantitative estimate of drug-likeness (QED) is 0.275. The Balaban J connectivity index is 1.43. The summed E-state index contributed by atoms with van der Waals surface area (Å²) >= 11 is 6.21. The first-order valence-corrected chi connectivity index (χ1v) is 12.0. The summed E-state index contributed by atoms with van der Waals surface area (Å²) in [5.74, 6) is 1.53. The molecule has 6 heteroatoms. The van der Waals surface area contributed by atoms with Crippen molar-refractivity contribution in [2.75, 3.05) is 6.61 Å². The van der Waals surface area contributed by atoms with E-state index in [1.54, 1.807) is 18.2 Å². The van der Waals surface area contributed by atoms with Crippen LogP contribution in [-0.4, -0.2) is 22.1 Å². The van der Waals surface area contributed by atoms with Crippen LogP contribution in [0.15, 0.2) is 66.7 Å². The van der Waals surface area contributed by atoms with E-state index in [1.165, 1.54) is 11.1 Å². The number of hydrogen-bond acceptors (Lipinski definition) is 3. The summed E-state index contributed by atoms with van der Waals surface area (Å²) < 4.78 is 8.14. The normalized spacial score (nSPS) is 12.0. The maximum atomic E-state index is 12.8. The highest BCUT2D eigenvalue weighted by Crippen LogP contribution is 2.23. The molecule has 5 nitrogen and oxygen atoms in total. The average molecular weight is 476 g/mol. The Labute approximate surface area is 205 Å². The molecule has 0 saturated heterocycles. The summed E-state index contributed by atoms with van der Waals surface area (Å²) in [7, 11) is 0. The van der Waals surface area contributed by atoms with Gasteiger partial charge in [-0.2, -0.15) is 0 Å². The lowest BCUT2D eigenvalue weighted by Crippen LogP contribution is -2.29. The van der Waals surface area contributed by atoms with Gasteiger partial charge >= 0.3 is 0 Å². The molecule has 1 aromatic heterocycles. The predicted octanol–water partition coefficient (Wildman–Crippen LogP) is 6.66. The zero-order valence-corrected chi connectivity index (χ0v) is 20.6. The number of carbonyl (C=O) groups is 1. The Morgan fingerprint density at radius 3 is 2.59 bits per heavy atom. The van der Waals surface area contributed by atoms with Gasteiger partial charge in [-0.25, -0.2) is 4.98 Å². The van der Waals surface area contributed by atoms with Crippen molar-refractivity contribution in [3.05, 3.63) is 94.3 Å². The number of para-hydroxylation sites is 2. The van der Waals surface area contributed by atoms with Crippen LogP contribution < -0.4 is 10.1 Å². The van der Waals surface area contributed by atoms with Gasteiger partial charge in [-0.05, 0) is 81.1 Å². The average Bonchev–Trinajstić information content (AvgIpc) is 3.20. The molecule has 0 spiro atoms. The van der Waals surface area contributed by atoms with Gasteiger partial charge in [0.25, 0.3) is 5.91 Å². The second-order valence-corrected chi connectivity index (χ2v) is 8.99. The highest BCUT2D eigenvalue weighted by atomic mass is 35.5. The highest BCUT2D eigenvalue weighted by Gasteiger charge is 2.20. The van der Waals surface area contributed by atoms with Crippen LogP contribution in [0.25, 0.3) is 11.0 Å². The summed E-state index contributed by atoms with van der Waals surface area (Å²) in [6, 6.07) is 21.0. The predicted molar refractivity (Wildman–Crippen MR) is 138 cm³/mol. The third-order valence-electron chi connectivity index (χ3n) is 6.06. The van der Waals surface area contributed by atoms with Crippen molar-refractivity contribution < 1.29 is 9.53 Å². The van der Waals surface area contributed by atoms with Crippen molar-refractivity contribution in [3.63, 3.8) is 0 Å². The third-order valence-corrected chi connectivity index (χ3v) is 6.39. The molecule has 1 amide bonds. The van der Waals surface area contributed by atoms with Crippen LogP contribution >= 0.6 is 11.6 Å². The van der Waals surface area contributed by atoms with E-state index in [4.69, 9.17) is 21.3 Å². The minimum Gasteiger partial charge on any atom is -0.494 e. The van der Waals surface area contributed by atoms with Crippen molar-refractivity contribution >= 4 is 28.5 Å². The first kappa shape index (κ1) is 23.8. The van der Waals surface area contributed by atoms with Gasteiger partial charge in [0.1, 0.15) is 11.6 Å². The van der Waals surface area contributed by atoms with Crippen molar-refractivity contribution in [1.29, 1.82) is 0 Å². The molecule has 0 aliphatic heterocycles. The monoisotopic (exact) mass is 475 g/mol. The van der Waals surface area contributed by atoms with Crippen LogP contribution in [0.5, 0.6) is 5.75 Å². The van der Waals surface area contributed by atoms with Crippen LogP contribution in [0, 0.1) is 13.8 Å². The number of unbranched alkanes of at least 4 members (excludes halogenated alkanes) is 1. The van der Waals surface area contributed by atoms with E-state index < -0.39 is 0 Å². The molecule has 0 bridgehead atoms. The smallest absolute Gasteiger partial charge is 0.253 e. The fraction of sp³-hybridized carbons (Fsp3) is 0.286. The maximum Gasteiger partial charge on any atom is 0.253 e. The van der Waals surface area contributed by atoms with Crippen molar-refractivity contribution in [1.82, 2.24) is 14.9 Å². The van der Waals surface area contributed by atoms with E-state index >= 15 is 0 Å². The molecule has 0 radical (unpaired) electrons. The molecule has 0 saturated carbocycles. The SMILES string of the molecule is Cc1ccc(OCCCCn2c(C(C)NC(=O)c3ccccc3Cl)nc3ccccc32)cc1C. The van der Waals surface area contributed by atoms with Gasteiger partial charge in [-0.3, -0.25) is 4.79 Å². The van der Waals surface area contributed by atoms with Crippen LogP contribution in [0.4, 0.5) is 0 Å². The van der Waals surface area contributed by atoms with Crippen LogP contribution in [-0.2, 0) is 6.54 Å². The lowest BCUT2D eigenvalue weighted by Gasteiger charge is -2.17. The largest absolute Gasteiger partial charge is 0.494 e. The number of aromatic nitrogens is 2. The topological polar surface area (TPSA) is 56.1 Å². The summed E-state index contributed by atoms with van der Waals surface area (Å²) in [6.45, 7) is 7.60. The van der Waals surface area contributed by atoms with Crippen molar-refractivity contribution in [2.24, 2.45) is 0 Å². The summed E-state index contributed by atoms with van der Waals surface area (Å²) in [5, 5.41) is 3.49. The van der Waals surface area contributed by atoms with E-state index in [0.29, 0.717) is 17.2 Å². The number of rotatable bonds is 9. The zero-order chi connectivity index (χ0) is 24.1. The lowest BCUT2D eigenvalue weighted by molar-refractivity contribution is 0.0938. The molecule has 4 aromatic rings. The first-order chi connectivity index (χ1) is 16.4. The number of hydrogen-bond donors (Lipinski definition) is 1. The Morgan fingerprint density at radius 1 is 1.03 bits per heavy atom. The first-order valence-electron chi connectivity index (χ1n) is 11.6. The van der Waals surface area contributed by atoms with Gasteiger partial charge in [0, 0.05) is 6.54 Å². The highest BCUT2D eigenvalue weighted by molar-refractivity contribution is 6.33. The van der Waals surface area contributed by atoms with E-state index in [0.717, 1.165) is 42.0 Å². The fourth-order valence-corrected chi connectivity index (χ4v) is 4.23. The molecule has 176 valence electrons. The number of ether oxygens (including phenoxy) is 1. The standard InChI is InChI=1S/C28H30ClN3O2/c1-19-14-15-22(18-20(19)2)34-17-9-8-16-32-26-13-7-6-12-25(26)31-27(32)21(3)30-28(33)23-10-4-5-11-24(23)29/h4-7,10-15,18,21H,8-9,16-17H2,1-3H3,(H,30,33). The fourth-order valence-electron chi connectivity index (χ4n) is 4.01. The summed E-state index contributed by atoms with van der Waals surface area (Å²) in [6.07, 6.45) is 1.85. The van der Waals surface area contributed by atoms with Crippen LogP contribution in [0.1, 0.15) is 53.1 Å². The maximum absolute atomic E-state index is 12.8. The number of halogens is 1. The number of benzene rings is 3. The Kier molecular flexibility index (Phi) is 7.53. The molecule has 1 heterocycles. The molecule has 1 N–H and O–H groups in total. The minimum absolute atomic E-state index is 0.210. The molecule has 34 heavy (non-hydrogen) atoms. The molecular formula is C28H30ClN3O2. The van der Waals surface area contributed by atoms with Crippen molar-refractivity contribution in [2.45, 2.75) is 46.2 Å². The van der Waals surface area contributed by atoms with Gasteiger partial charge in [-0.1, -0.05) is 41.9 Å². The number of fused-ring (bicyclic) bond motifs is 1. The molecule has 3 aromatic carbocycles. The molecule has 0 aliphatic carbocycles.